The molecule has 2 fully saturated rings. The van der Waals surface area contributed by atoms with E-state index in [0.717, 1.165) is 0 Å². The number of nitrogens with zero attached hydrogens (tertiary/aromatic N) is 3. The van der Waals surface area contributed by atoms with Gasteiger partial charge in [0.05, 0.1) is 12.3 Å². The zero-order valence-electron chi connectivity index (χ0n) is 13.8. The molecule has 2 aliphatic heterocycles. The van der Waals surface area contributed by atoms with Crippen LogP contribution < -0.4 is 5.32 Å². The summed E-state index contributed by atoms with van der Waals surface area (Å²) >= 11 is 9.18. The summed E-state index contributed by atoms with van der Waals surface area (Å²) in [6, 6.07) is -0.742. The van der Waals surface area contributed by atoms with Crippen LogP contribution in [-0.2, 0) is 19.2 Å². The molecule has 1 aromatic heterocycles. The number of ketones is 1. The van der Waals surface area contributed by atoms with Crippen LogP contribution in [0.15, 0.2) is 10.7 Å². The number of nitrogens with one attached hydrogen (secondary N) is 1. The van der Waals surface area contributed by atoms with E-state index in [9.17, 15) is 24.3 Å². The van der Waals surface area contributed by atoms with Crippen molar-refractivity contribution in [3.63, 3.8) is 0 Å². The summed E-state index contributed by atoms with van der Waals surface area (Å²) < 4.78 is 4.56. The minimum Gasteiger partial charge on any atom is -0.481 e. The van der Waals surface area contributed by atoms with Crippen LogP contribution in [0.25, 0.3) is 0 Å². The monoisotopic (exact) mass is 450 g/mol. The maximum absolute atomic E-state index is 12.4. The highest BCUT2D eigenvalue weighted by Crippen LogP contribution is 2.44. The number of hydrogen-bond donors (Lipinski definition) is 2. The summed E-state index contributed by atoms with van der Waals surface area (Å²) in [7, 11) is 0. The number of rotatable bonds is 8. The molecule has 2 amide bonds. The van der Waals surface area contributed by atoms with Crippen molar-refractivity contribution in [3.8, 4) is 0 Å². The van der Waals surface area contributed by atoms with Crippen LogP contribution in [0, 0.1) is 5.41 Å². The smallest absolute Gasteiger partial charge is 0.313 e. The minimum atomic E-state index is -1.10. The number of β-lactam (4-membered cyclic amide) rings is 1. The van der Waals surface area contributed by atoms with E-state index in [1.807, 2.05) is 0 Å². The normalized spacial score (nSPS) is 26.9. The van der Waals surface area contributed by atoms with Gasteiger partial charge in [-0.15, -0.1) is 23.4 Å². The van der Waals surface area contributed by atoms with E-state index in [1.165, 1.54) is 46.3 Å². The van der Waals surface area contributed by atoms with Crippen molar-refractivity contribution in [3.05, 3.63) is 6.33 Å². The first-order chi connectivity index (χ1) is 12.9. The zero-order chi connectivity index (χ0) is 19.6. The Kier molecular flexibility index (Phi) is 6.28. The van der Waals surface area contributed by atoms with Gasteiger partial charge in [0.1, 0.15) is 23.2 Å². The Morgan fingerprint density at radius 1 is 1.48 bits per heavy atom. The van der Waals surface area contributed by atoms with Crippen LogP contribution in [0.4, 0.5) is 0 Å². The highest BCUT2D eigenvalue weighted by Gasteiger charge is 2.57. The summed E-state index contributed by atoms with van der Waals surface area (Å²) in [6.07, 6.45) is 1.04. The van der Waals surface area contributed by atoms with Gasteiger partial charge in [0.2, 0.25) is 11.8 Å². The third-order valence-electron chi connectivity index (χ3n) is 4.23. The molecule has 2 unspecified atom stereocenters. The second-order valence-electron chi connectivity index (χ2n) is 6.14. The molecule has 146 valence electrons. The first-order valence-electron chi connectivity index (χ1n) is 7.78. The summed E-state index contributed by atoms with van der Waals surface area (Å²) in [5.41, 5.74) is -1.10. The maximum atomic E-state index is 12.4. The SMILES string of the molecule is O=C(CCl)CC(=O)NC1C(=O)N2CC(CSc3ncns3)(C(=O)O)CS[C@H]12. The van der Waals surface area contributed by atoms with E-state index in [1.54, 1.807) is 0 Å². The molecular formula is C14H15ClN4O5S3. The number of carbonyl (C=O) groups is 4. The highest BCUT2D eigenvalue weighted by molar-refractivity contribution is 8.01. The van der Waals surface area contributed by atoms with Gasteiger partial charge in [-0.05, 0) is 11.5 Å². The van der Waals surface area contributed by atoms with Crippen molar-refractivity contribution in [2.45, 2.75) is 22.2 Å². The quantitative estimate of drug-likeness (QED) is 0.248. The molecule has 0 radical (unpaired) electrons. The van der Waals surface area contributed by atoms with E-state index in [-0.39, 0.29) is 35.9 Å². The molecule has 0 bridgehead atoms. The van der Waals surface area contributed by atoms with Crippen LogP contribution in [0.3, 0.4) is 0 Å². The molecule has 3 rings (SSSR count). The summed E-state index contributed by atoms with van der Waals surface area (Å²) in [4.78, 5) is 52.9. The van der Waals surface area contributed by atoms with Crippen LogP contribution >= 0.6 is 46.7 Å². The number of hydrogen-bond acceptors (Lipinski definition) is 9. The van der Waals surface area contributed by atoms with Crippen LogP contribution in [-0.4, -0.2) is 78.3 Å². The van der Waals surface area contributed by atoms with Gasteiger partial charge in [-0.2, -0.15) is 4.37 Å². The molecule has 13 heteroatoms. The average molecular weight is 451 g/mol. The maximum Gasteiger partial charge on any atom is 0.313 e. The lowest BCUT2D eigenvalue weighted by molar-refractivity contribution is -0.157. The fraction of sp³-hybridized carbons (Fsp3) is 0.571. The molecule has 2 saturated heterocycles. The second-order valence-corrected chi connectivity index (χ2v) is 9.52. The lowest BCUT2D eigenvalue weighted by atomic mass is 9.89. The number of aliphatic carboxylic acids is 1. The van der Waals surface area contributed by atoms with Gasteiger partial charge in [0.25, 0.3) is 0 Å². The molecule has 0 aromatic carbocycles. The third kappa shape index (κ3) is 4.23. The molecule has 3 heterocycles. The van der Waals surface area contributed by atoms with Gasteiger partial charge < -0.3 is 15.3 Å². The molecule has 3 atom stereocenters. The summed E-state index contributed by atoms with van der Waals surface area (Å²) in [6.45, 7) is 0.0671. The van der Waals surface area contributed by atoms with E-state index in [0.29, 0.717) is 10.1 Å². The number of amides is 2. The minimum absolute atomic E-state index is 0.0671. The number of alkyl halides is 1. The molecule has 2 aliphatic rings. The topological polar surface area (TPSA) is 130 Å². The fourth-order valence-electron chi connectivity index (χ4n) is 2.78. The first kappa shape index (κ1) is 20.4. The van der Waals surface area contributed by atoms with Crippen molar-refractivity contribution < 1.29 is 24.3 Å². The molecule has 0 aliphatic carbocycles. The third-order valence-corrected chi connectivity index (χ3v) is 8.21. The lowest BCUT2D eigenvalue weighted by Crippen LogP contribution is -2.74. The summed E-state index contributed by atoms with van der Waals surface area (Å²) in [5, 5.41) is 12.0. The predicted molar refractivity (Wildman–Crippen MR) is 101 cm³/mol. The van der Waals surface area contributed by atoms with Gasteiger partial charge >= 0.3 is 5.97 Å². The second kappa shape index (κ2) is 8.33. The van der Waals surface area contributed by atoms with Crippen molar-refractivity contribution in [1.82, 2.24) is 19.6 Å². The van der Waals surface area contributed by atoms with E-state index in [4.69, 9.17) is 11.6 Å². The highest BCUT2D eigenvalue weighted by atomic mass is 35.5. The van der Waals surface area contributed by atoms with E-state index in [2.05, 4.69) is 14.7 Å². The van der Waals surface area contributed by atoms with Crippen molar-refractivity contribution in [2.75, 3.05) is 23.9 Å². The van der Waals surface area contributed by atoms with Gasteiger partial charge in [-0.3, -0.25) is 19.2 Å². The first-order valence-corrected chi connectivity index (χ1v) is 11.1. The van der Waals surface area contributed by atoms with Crippen molar-refractivity contribution >= 4 is 70.2 Å². The number of thioether (sulfide) groups is 2. The van der Waals surface area contributed by atoms with Crippen LogP contribution in [0.2, 0.25) is 0 Å². The largest absolute Gasteiger partial charge is 0.481 e. The van der Waals surface area contributed by atoms with Crippen molar-refractivity contribution in [1.29, 1.82) is 0 Å². The Morgan fingerprint density at radius 3 is 2.89 bits per heavy atom. The van der Waals surface area contributed by atoms with E-state index >= 15 is 0 Å². The molecular weight excluding hydrogens is 436 g/mol. The Labute approximate surface area is 171 Å². The standard InChI is InChI=1S/C14H15ClN4O5S3/c15-2-7(20)1-8(21)18-9-10(22)19-3-14(12(23)24,4-25-11(9)19)5-26-13-16-6-17-27-13/h6,9,11H,1-5H2,(H,18,21)(H,23,24)/t9?,11-,14?/m1/s1. The van der Waals surface area contributed by atoms with Crippen molar-refractivity contribution in [2.24, 2.45) is 5.41 Å². The van der Waals surface area contributed by atoms with E-state index < -0.39 is 29.1 Å². The number of fused-ring (bicyclic) bond motifs is 1. The molecule has 27 heavy (non-hydrogen) atoms. The van der Waals surface area contributed by atoms with Crippen LogP contribution in [0.5, 0.6) is 0 Å². The number of halogens is 1. The zero-order valence-corrected chi connectivity index (χ0v) is 17.0. The Bertz CT molecular complexity index is 764. The number of carbonyl (C=O) groups excluding carboxylic acids is 3. The Hall–Kier alpha value is -1.37. The fourth-order valence-corrected chi connectivity index (χ4v) is 6.18. The van der Waals surface area contributed by atoms with Gasteiger partial charge in [-0.1, -0.05) is 11.8 Å². The number of carboxylic acid groups (broad SMARTS) is 1. The van der Waals surface area contributed by atoms with Gasteiger partial charge in [0.15, 0.2) is 10.1 Å². The van der Waals surface area contributed by atoms with Gasteiger partial charge in [-0.25, -0.2) is 4.98 Å². The molecule has 0 saturated carbocycles. The Morgan fingerprint density at radius 2 is 2.26 bits per heavy atom. The molecule has 2 N–H and O–H groups in total. The molecule has 9 nitrogen and oxygen atoms in total. The molecule has 0 spiro atoms. The number of carboxylic acids is 1. The molecule has 1 aromatic rings. The number of aromatic nitrogens is 2. The summed E-state index contributed by atoms with van der Waals surface area (Å²) in [5.74, 6) is -1.99. The van der Waals surface area contributed by atoms with Gasteiger partial charge in [0, 0.05) is 18.1 Å². The average Bonchev–Trinajstić information content (AvgIpc) is 3.17. The number of Topliss-reactive ketones (excluding diaryl/α,β-unsaturated/α-hetero) is 1. The Balaban J connectivity index is 1.61. The predicted octanol–water partition coefficient (Wildman–Crippen LogP) is 0.299. The lowest BCUT2D eigenvalue weighted by Gasteiger charge is -2.53. The van der Waals surface area contributed by atoms with Crippen LogP contribution in [0.1, 0.15) is 6.42 Å².